The van der Waals surface area contributed by atoms with Crippen LogP contribution in [0, 0.1) is 6.92 Å². The zero-order valence-electron chi connectivity index (χ0n) is 13.6. The second-order valence-corrected chi connectivity index (χ2v) is 5.84. The Morgan fingerprint density at radius 3 is 2.17 bits per heavy atom. The van der Waals surface area contributed by atoms with E-state index in [1.807, 2.05) is 24.8 Å². The molecule has 0 radical (unpaired) electrons. The number of nitrogens with zero attached hydrogens (tertiary/aromatic N) is 2. The summed E-state index contributed by atoms with van der Waals surface area (Å²) in [5.74, 6) is 1.46. The molecule has 6 nitrogen and oxygen atoms in total. The minimum absolute atomic E-state index is 0.0110. The van der Waals surface area contributed by atoms with Crippen molar-refractivity contribution in [3.63, 3.8) is 0 Å². The topological polar surface area (TPSA) is 59.1 Å². The van der Waals surface area contributed by atoms with Crippen LogP contribution < -0.4 is 9.47 Å². The number of benzene rings is 1. The van der Waals surface area contributed by atoms with Crippen molar-refractivity contribution in [3.05, 3.63) is 23.3 Å². The molecule has 1 aromatic rings. The van der Waals surface area contributed by atoms with Crippen LogP contribution in [0.4, 0.5) is 0 Å². The van der Waals surface area contributed by atoms with Crippen molar-refractivity contribution >= 4 is 11.8 Å². The molecule has 3 rings (SSSR count). The highest BCUT2D eigenvalue weighted by Crippen LogP contribution is 2.33. The molecule has 0 unspecified atom stereocenters. The third-order valence-corrected chi connectivity index (χ3v) is 4.34. The molecule has 2 heterocycles. The van der Waals surface area contributed by atoms with Crippen LogP contribution in [-0.2, 0) is 4.79 Å². The van der Waals surface area contributed by atoms with Crippen LogP contribution in [0.5, 0.6) is 11.5 Å². The summed E-state index contributed by atoms with van der Waals surface area (Å²) in [5.41, 5.74) is 1.52. The molecule has 0 spiro atoms. The Bertz CT molecular complexity index is 621. The van der Waals surface area contributed by atoms with Gasteiger partial charge in [-0.05, 0) is 24.6 Å². The molecule has 0 bridgehead atoms. The van der Waals surface area contributed by atoms with E-state index in [0.717, 1.165) is 5.56 Å². The van der Waals surface area contributed by atoms with E-state index in [1.165, 1.54) is 0 Å². The van der Waals surface area contributed by atoms with E-state index in [4.69, 9.17) is 9.47 Å². The summed E-state index contributed by atoms with van der Waals surface area (Å²) >= 11 is 0. The molecule has 2 amide bonds. The SMILES string of the molecule is CCC(=O)N1CCN(C(=O)c2cc3c(cc2C)OCCO3)CC1. The largest absolute Gasteiger partial charge is 0.486 e. The van der Waals surface area contributed by atoms with Gasteiger partial charge in [-0.15, -0.1) is 0 Å². The fourth-order valence-corrected chi connectivity index (χ4v) is 2.97. The van der Waals surface area contributed by atoms with Crippen molar-refractivity contribution in [1.82, 2.24) is 9.80 Å². The van der Waals surface area contributed by atoms with Crippen LogP contribution >= 0.6 is 0 Å². The average Bonchev–Trinajstić information content (AvgIpc) is 2.60. The van der Waals surface area contributed by atoms with Gasteiger partial charge in [0.05, 0.1) is 0 Å². The molecule has 6 heteroatoms. The van der Waals surface area contributed by atoms with Gasteiger partial charge < -0.3 is 19.3 Å². The van der Waals surface area contributed by atoms with E-state index < -0.39 is 0 Å². The highest BCUT2D eigenvalue weighted by atomic mass is 16.6. The Kier molecular flexibility index (Phi) is 4.41. The summed E-state index contributed by atoms with van der Waals surface area (Å²) in [7, 11) is 0. The Morgan fingerprint density at radius 2 is 1.57 bits per heavy atom. The van der Waals surface area contributed by atoms with Gasteiger partial charge in [0.1, 0.15) is 13.2 Å². The highest BCUT2D eigenvalue weighted by Gasteiger charge is 2.26. The van der Waals surface area contributed by atoms with E-state index >= 15 is 0 Å². The molecule has 0 aliphatic carbocycles. The van der Waals surface area contributed by atoms with Gasteiger partial charge >= 0.3 is 0 Å². The molecule has 1 saturated heterocycles. The first kappa shape index (κ1) is 15.6. The smallest absolute Gasteiger partial charge is 0.254 e. The second-order valence-electron chi connectivity index (χ2n) is 5.84. The molecule has 0 aromatic heterocycles. The average molecular weight is 318 g/mol. The summed E-state index contributed by atoms with van der Waals surface area (Å²) in [6.07, 6.45) is 0.509. The van der Waals surface area contributed by atoms with Crippen LogP contribution in [0.3, 0.4) is 0 Å². The maximum absolute atomic E-state index is 12.8. The number of aryl methyl sites for hydroxylation is 1. The van der Waals surface area contributed by atoms with Crippen molar-refractivity contribution in [1.29, 1.82) is 0 Å². The normalized spacial score (nSPS) is 17.1. The fourth-order valence-electron chi connectivity index (χ4n) is 2.97. The van der Waals surface area contributed by atoms with Crippen molar-refractivity contribution in [2.45, 2.75) is 20.3 Å². The number of fused-ring (bicyclic) bond motifs is 1. The van der Waals surface area contributed by atoms with Crippen LogP contribution in [0.15, 0.2) is 12.1 Å². The molecule has 1 fully saturated rings. The summed E-state index contributed by atoms with van der Waals surface area (Å²) in [5, 5.41) is 0. The summed E-state index contributed by atoms with van der Waals surface area (Å²) < 4.78 is 11.1. The van der Waals surface area contributed by atoms with Gasteiger partial charge in [0, 0.05) is 38.2 Å². The molecule has 23 heavy (non-hydrogen) atoms. The third-order valence-electron chi connectivity index (χ3n) is 4.34. The molecule has 2 aliphatic heterocycles. The Morgan fingerprint density at radius 1 is 1.00 bits per heavy atom. The lowest BCUT2D eigenvalue weighted by molar-refractivity contribution is -0.132. The van der Waals surface area contributed by atoms with Crippen LogP contribution in [0.2, 0.25) is 0 Å². The minimum atomic E-state index is -0.0110. The van der Waals surface area contributed by atoms with Gasteiger partial charge in [0.25, 0.3) is 5.91 Å². The van der Waals surface area contributed by atoms with E-state index in [1.54, 1.807) is 11.0 Å². The second kappa shape index (κ2) is 6.48. The van der Waals surface area contributed by atoms with Gasteiger partial charge in [0.2, 0.25) is 5.91 Å². The highest BCUT2D eigenvalue weighted by molar-refractivity contribution is 5.96. The van der Waals surface area contributed by atoms with Gasteiger partial charge in [-0.2, -0.15) is 0 Å². The quantitative estimate of drug-likeness (QED) is 0.828. The predicted octanol–water partition coefficient (Wildman–Crippen LogP) is 1.46. The summed E-state index contributed by atoms with van der Waals surface area (Å²) in [6, 6.07) is 3.63. The number of rotatable bonds is 2. The first-order chi connectivity index (χ1) is 11.1. The lowest BCUT2D eigenvalue weighted by Crippen LogP contribution is -2.50. The molecular formula is C17H22N2O4. The number of hydrogen-bond acceptors (Lipinski definition) is 4. The first-order valence-electron chi connectivity index (χ1n) is 8.07. The molecule has 0 saturated carbocycles. The monoisotopic (exact) mass is 318 g/mol. The fraction of sp³-hybridized carbons (Fsp3) is 0.529. The Labute approximate surface area is 136 Å². The van der Waals surface area contributed by atoms with Crippen LogP contribution in [-0.4, -0.2) is 61.0 Å². The number of piperazine rings is 1. The number of carbonyl (C=O) groups excluding carboxylic acids is 2. The molecule has 124 valence electrons. The zero-order valence-corrected chi connectivity index (χ0v) is 13.6. The summed E-state index contributed by atoms with van der Waals surface area (Å²) in [4.78, 5) is 28.1. The number of amides is 2. The minimum Gasteiger partial charge on any atom is -0.486 e. The van der Waals surface area contributed by atoms with Crippen LogP contribution in [0.1, 0.15) is 29.3 Å². The molecule has 0 atom stereocenters. The van der Waals surface area contributed by atoms with E-state index in [-0.39, 0.29) is 11.8 Å². The summed E-state index contributed by atoms with van der Waals surface area (Å²) in [6.45, 7) is 7.14. The first-order valence-corrected chi connectivity index (χ1v) is 8.07. The predicted molar refractivity (Wildman–Crippen MR) is 84.9 cm³/mol. The van der Waals surface area contributed by atoms with Crippen molar-refractivity contribution < 1.29 is 19.1 Å². The lowest BCUT2D eigenvalue weighted by Gasteiger charge is -2.35. The number of carbonyl (C=O) groups is 2. The Hall–Kier alpha value is -2.24. The molecule has 1 aromatic carbocycles. The van der Waals surface area contributed by atoms with Gasteiger partial charge in [-0.1, -0.05) is 6.92 Å². The molecule has 2 aliphatic rings. The molecular weight excluding hydrogens is 296 g/mol. The number of ether oxygens (including phenoxy) is 2. The molecule has 0 N–H and O–H groups in total. The van der Waals surface area contributed by atoms with Crippen LogP contribution in [0.25, 0.3) is 0 Å². The van der Waals surface area contributed by atoms with Gasteiger partial charge in [0.15, 0.2) is 11.5 Å². The van der Waals surface area contributed by atoms with Gasteiger partial charge in [-0.3, -0.25) is 9.59 Å². The third kappa shape index (κ3) is 3.11. The Balaban J connectivity index is 1.73. The van der Waals surface area contributed by atoms with Crippen molar-refractivity contribution in [2.24, 2.45) is 0 Å². The standard InChI is InChI=1S/C17H22N2O4/c1-3-16(20)18-4-6-19(7-5-18)17(21)13-11-15-14(10-12(13)2)22-8-9-23-15/h10-11H,3-9H2,1-2H3. The van der Waals surface area contributed by atoms with Crippen molar-refractivity contribution in [3.8, 4) is 11.5 Å². The van der Waals surface area contributed by atoms with E-state index in [2.05, 4.69) is 0 Å². The van der Waals surface area contributed by atoms with Gasteiger partial charge in [-0.25, -0.2) is 0 Å². The van der Waals surface area contributed by atoms with Crippen molar-refractivity contribution in [2.75, 3.05) is 39.4 Å². The van der Waals surface area contributed by atoms with E-state index in [0.29, 0.717) is 62.9 Å². The maximum atomic E-state index is 12.8. The number of hydrogen-bond donors (Lipinski definition) is 0. The lowest BCUT2D eigenvalue weighted by atomic mass is 10.1. The zero-order chi connectivity index (χ0) is 16.4. The maximum Gasteiger partial charge on any atom is 0.254 e. The van der Waals surface area contributed by atoms with E-state index in [9.17, 15) is 9.59 Å².